The van der Waals surface area contributed by atoms with E-state index in [9.17, 15) is 9.59 Å². The van der Waals surface area contributed by atoms with Crippen molar-refractivity contribution in [1.29, 1.82) is 0 Å². The van der Waals surface area contributed by atoms with Crippen LogP contribution >= 0.6 is 0 Å². The highest BCUT2D eigenvalue weighted by Crippen LogP contribution is 2.32. The molecular weight excluding hydrogens is 386 g/mol. The first kappa shape index (κ1) is 17.9. The maximum atomic E-state index is 12.8. The van der Waals surface area contributed by atoms with Crippen LogP contribution in [0.4, 0.5) is 5.69 Å². The third-order valence-electron chi connectivity index (χ3n) is 4.70. The van der Waals surface area contributed by atoms with Gasteiger partial charge in [0.05, 0.1) is 11.9 Å². The molecule has 0 saturated heterocycles. The minimum absolute atomic E-state index is 0.174. The Balaban J connectivity index is 1.37. The number of rotatable bonds is 4. The molecule has 0 unspecified atom stereocenters. The smallest absolute Gasteiger partial charge is 0.264 e. The van der Waals surface area contributed by atoms with Crippen LogP contribution in [0.2, 0.25) is 0 Å². The van der Waals surface area contributed by atoms with Gasteiger partial charge in [-0.05, 0) is 24.3 Å². The van der Waals surface area contributed by atoms with Crippen LogP contribution in [-0.2, 0) is 11.3 Å². The van der Waals surface area contributed by atoms with Crippen LogP contribution in [0.15, 0.2) is 65.8 Å². The van der Waals surface area contributed by atoms with E-state index < -0.39 is 0 Å². The summed E-state index contributed by atoms with van der Waals surface area (Å²) in [5.74, 6) is 0.860. The van der Waals surface area contributed by atoms with Gasteiger partial charge in [-0.25, -0.2) is 9.67 Å². The van der Waals surface area contributed by atoms with E-state index in [2.05, 4.69) is 15.4 Å². The molecule has 5 rings (SSSR count). The fraction of sp³-hybridized carbons (Fsp3) is 0.143. The zero-order chi connectivity index (χ0) is 20.5. The predicted octanol–water partition coefficient (Wildman–Crippen LogP) is 1.99. The molecule has 0 atom stereocenters. The van der Waals surface area contributed by atoms with Gasteiger partial charge in [0, 0.05) is 11.8 Å². The fourth-order valence-electron chi connectivity index (χ4n) is 3.30. The van der Waals surface area contributed by atoms with E-state index in [0.717, 1.165) is 5.69 Å². The summed E-state index contributed by atoms with van der Waals surface area (Å²) in [5.41, 5.74) is 1.46. The van der Waals surface area contributed by atoms with Gasteiger partial charge in [0.1, 0.15) is 31.5 Å². The van der Waals surface area contributed by atoms with Gasteiger partial charge in [-0.1, -0.05) is 18.2 Å². The first-order chi connectivity index (χ1) is 14.7. The van der Waals surface area contributed by atoms with E-state index in [1.807, 2.05) is 30.3 Å². The molecule has 1 aliphatic rings. The lowest BCUT2D eigenvalue weighted by atomic mass is 10.2. The van der Waals surface area contributed by atoms with Crippen LogP contribution in [0.5, 0.6) is 11.5 Å². The molecule has 0 bridgehead atoms. The van der Waals surface area contributed by atoms with Crippen molar-refractivity contribution in [3.8, 4) is 17.2 Å². The van der Waals surface area contributed by atoms with Crippen molar-refractivity contribution in [2.24, 2.45) is 0 Å². The Morgan fingerprint density at radius 2 is 1.87 bits per heavy atom. The summed E-state index contributed by atoms with van der Waals surface area (Å²) in [5, 5.41) is 7.38. The minimum atomic E-state index is -0.356. The van der Waals surface area contributed by atoms with Crippen molar-refractivity contribution in [1.82, 2.24) is 19.3 Å². The van der Waals surface area contributed by atoms with Gasteiger partial charge in [0.2, 0.25) is 5.91 Å². The van der Waals surface area contributed by atoms with Gasteiger partial charge in [-0.15, -0.1) is 0 Å². The van der Waals surface area contributed by atoms with Crippen LogP contribution in [0, 0.1) is 0 Å². The monoisotopic (exact) mass is 403 g/mol. The second kappa shape index (κ2) is 7.36. The van der Waals surface area contributed by atoms with E-state index in [0.29, 0.717) is 41.4 Å². The topological polar surface area (TPSA) is 100 Å². The van der Waals surface area contributed by atoms with E-state index >= 15 is 0 Å². The van der Waals surface area contributed by atoms with Crippen molar-refractivity contribution in [2.75, 3.05) is 18.5 Å². The number of para-hydroxylation sites is 1. The summed E-state index contributed by atoms with van der Waals surface area (Å²) in [7, 11) is 0. The minimum Gasteiger partial charge on any atom is -0.486 e. The molecule has 9 heteroatoms. The average Bonchev–Trinajstić information content (AvgIpc) is 3.21. The number of hydrogen-bond donors (Lipinski definition) is 1. The number of benzene rings is 2. The van der Waals surface area contributed by atoms with Gasteiger partial charge in [0.15, 0.2) is 17.1 Å². The van der Waals surface area contributed by atoms with Crippen molar-refractivity contribution >= 4 is 22.6 Å². The lowest BCUT2D eigenvalue weighted by molar-refractivity contribution is -0.116. The molecule has 2 aromatic carbocycles. The number of hydrogen-bond acceptors (Lipinski definition) is 6. The highest BCUT2D eigenvalue weighted by molar-refractivity contribution is 5.91. The molecule has 1 N–H and O–H groups in total. The molecular formula is C21H17N5O4. The number of amides is 1. The van der Waals surface area contributed by atoms with Crippen molar-refractivity contribution in [2.45, 2.75) is 6.54 Å². The molecule has 0 aliphatic carbocycles. The Bertz CT molecular complexity index is 1300. The Morgan fingerprint density at radius 1 is 1.07 bits per heavy atom. The number of aromatic nitrogens is 4. The molecule has 3 heterocycles. The highest BCUT2D eigenvalue weighted by Gasteiger charge is 2.15. The fourth-order valence-corrected chi connectivity index (χ4v) is 3.30. The molecule has 30 heavy (non-hydrogen) atoms. The second-order valence-corrected chi connectivity index (χ2v) is 6.71. The number of nitrogens with one attached hydrogen (secondary N) is 1. The molecule has 9 nitrogen and oxygen atoms in total. The molecule has 0 radical (unpaired) electrons. The Hall–Kier alpha value is -4.14. The molecule has 1 amide bonds. The van der Waals surface area contributed by atoms with E-state index in [-0.39, 0.29) is 18.0 Å². The molecule has 0 fully saturated rings. The first-order valence-electron chi connectivity index (χ1n) is 9.37. The normalized spacial score (nSPS) is 12.7. The molecule has 150 valence electrons. The lowest BCUT2D eigenvalue weighted by Crippen LogP contribution is -2.28. The zero-order valence-corrected chi connectivity index (χ0v) is 15.8. The number of ether oxygens (including phenoxy) is 2. The number of carbonyl (C=O) groups excluding carboxylic acids is 1. The van der Waals surface area contributed by atoms with E-state index in [1.54, 1.807) is 22.9 Å². The molecule has 0 spiro atoms. The van der Waals surface area contributed by atoms with Crippen LogP contribution in [-0.4, -0.2) is 38.5 Å². The molecule has 4 aromatic rings. The quantitative estimate of drug-likeness (QED) is 0.559. The summed E-state index contributed by atoms with van der Waals surface area (Å²) in [4.78, 5) is 29.6. The number of fused-ring (bicyclic) bond motifs is 2. The number of carbonyl (C=O) groups is 1. The standard InChI is InChI=1S/C21H17N5O4/c27-19(24-14-6-7-17-18(10-14)30-9-8-29-17)12-25-13-22-20-16(21(25)28)11-23-26(20)15-4-2-1-3-5-15/h1-7,10-11,13H,8-9,12H2,(H,24,27). The summed E-state index contributed by atoms with van der Waals surface area (Å²) < 4.78 is 13.8. The third-order valence-corrected chi connectivity index (χ3v) is 4.70. The van der Waals surface area contributed by atoms with Crippen molar-refractivity contribution in [3.63, 3.8) is 0 Å². The third kappa shape index (κ3) is 3.26. The maximum absolute atomic E-state index is 12.8. The zero-order valence-electron chi connectivity index (χ0n) is 15.8. The average molecular weight is 403 g/mol. The van der Waals surface area contributed by atoms with Crippen molar-refractivity contribution < 1.29 is 14.3 Å². The van der Waals surface area contributed by atoms with Crippen LogP contribution in [0.1, 0.15) is 0 Å². The largest absolute Gasteiger partial charge is 0.486 e. The summed E-state index contributed by atoms with van der Waals surface area (Å²) in [6, 6.07) is 14.6. The van der Waals surface area contributed by atoms with Gasteiger partial charge >= 0.3 is 0 Å². The predicted molar refractivity (Wildman–Crippen MR) is 109 cm³/mol. The van der Waals surface area contributed by atoms with Crippen molar-refractivity contribution in [3.05, 3.63) is 71.4 Å². The lowest BCUT2D eigenvalue weighted by Gasteiger charge is -2.19. The summed E-state index contributed by atoms with van der Waals surface area (Å²) in [6.07, 6.45) is 2.82. The Labute approximate surface area is 170 Å². The maximum Gasteiger partial charge on any atom is 0.264 e. The first-order valence-corrected chi connectivity index (χ1v) is 9.37. The SMILES string of the molecule is O=C(Cn1cnc2c(cnn2-c2ccccc2)c1=O)Nc1ccc2c(c1)OCCO2. The summed E-state index contributed by atoms with van der Waals surface area (Å²) in [6.45, 7) is 0.785. The number of nitrogens with zero attached hydrogens (tertiary/aromatic N) is 4. The van der Waals surface area contributed by atoms with E-state index in [1.165, 1.54) is 17.1 Å². The van der Waals surface area contributed by atoms with Gasteiger partial charge in [-0.2, -0.15) is 5.10 Å². The van der Waals surface area contributed by atoms with Gasteiger partial charge in [-0.3, -0.25) is 14.2 Å². The summed E-state index contributed by atoms with van der Waals surface area (Å²) >= 11 is 0. The van der Waals surface area contributed by atoms with Gasteiger partial charge in [0.25, 0.3) is 5.56 Å². The second-order valence-electron chi connectivity index (χ2n) is 6.71. The molecule has 2 aromatic heterocycles. The van der Waals surface area contributed by atoms with E-state index in [4.69, 9.17) is 9.47 Å². The highest BCUT2D eigenvalue weighted by atomic mass is 16.6. The molecule has 0 saturated carbocycles. The van der Waals surface area contributed by atoms with Crippen LogP contribution in [0.25, 0.3) is 16.7 Å². The Kier molecular flexibility index (Phi) is 4.40. The molecule has 1 aliphatic heterocycles. The number of anilines is 1. The van der Waals surface area contributed by atoms with Gasteiger partial charge < -0.3 is 14.8 Å². The van der Waals surface area contributed by atoms with Crippen LogP contribution in [0.3, 0.4) is 0 Å². The Morgan fingerprint density at radius 3 is 2.70 bits per heavy atom. The van der Waals surface area contributed by atoms with Crippen LogP contribution < -0.4 is 20.3 Å².